The molecule has 0 unspecified atom stereocenters. The van der Waals surface area contributed by atoms with Crippen molar-refractivity contribution in [2.24, 2.45) is 0 Å². The van der Waals surface area contributed by atoms with Crippen molar-refractivity contribution in [1.29, 1.82) is 0 Å². The number of aromatic amines is 1. The lowest BCUT2D eigenvalue weighted by atomic mass is 10.1. The first-order chi connectivity index (χ1) is 12.2. The molecule has 0 spiro atoms. The van der Waals surface area contributed by atoms with Gasteiger partial charge in [-0.1, -0.05) is 12.1 Å². The standard InChI is InChI=1S/C18H19N5O2/c1-12(8-14-10-19-6-7-20-14)22-18(24)16-11-21-23-17(16)13-4-3-5-15(9-13)25-2/h3-7,9-12H,8H2,1-2H3,(H,21,23)(H,22,24)/t12-/m1/s1. The molecular weight excluding hydrogens is 318 g/mol. The minimum atomic E-state index is -0.192. The molecule has 1 aromatic carbocycles. The highest BCUT2D eigenvalue weighted by Gasteiger charge is 2.18. The maximum absolute atomic E-state index is 12.6. The lowest BCUT2D eigenvalue weighted by molar-refractivity contribution is 0.0940. The number of hydrogen-bond donors (Lipinski definition) is 2. The van der Waals surface area contributed by atoms with Crippen molar-refractivity contribution in [3.63, 3.8) is 0 Å². The quantitative estimate of drug-likeness (QED) is 0.719. The van der Waals surface area contributed by atoms with Crippen LogP contribution >= 0.6 is 0 Å². The van der Waals surface area contributed by atoms with Crippen LogP contribution in [0.4, 0.5) is 0 Å². The van der Waals surface area contributed by atoms with Crippen molar-refractivity contribution >= 4 is 5.91 Å². The van der Waals surface area contributed by atoms with E-state index in [0.29, 0.717) is 17.7 Å². The van der Waals surface area contributed by atoms with Gasteiger partial charge in [0.25, 0.3) is 5.91 Å². The first-order valence-corrected chi connectivity index (χ1v) is 7.91. The summed E-state index contributed by atoms with van der Waals surface area (Å²) in [5.41, 5.74) is 2.81. The Kier molecular flexibility index (Phi) is 5.03. The van der Waals surface area contributed by atoms with Gasteiger partial charge >= 0.3 is 0 Å². The number of hydrogen-bond acceptors (Lipinski definition) is 5. The van der Waals surface area contributed by atoms with Crippen LogP contribution in [0.3, 0.4) is 0 Å². The fourth-order valence-corrected chi connectivity index (χ4v) is 2.56. The van der Waals surface area contributed by atoms with Crippen LogP contribution in [0.1, 0.15) is 23.0 Å². The van der Waals surface area contributed by atoms with E-state index in [-0.39, 0.29) is 11.9 Å². The Morgan fingerprint density at radius 3 is 2.96 bits per heavy atom. The van der Waals surface area contributed by atoms with E-state index >= 15 is 0 Å². The van der Waals surface area contributed by atoms with Crippen molar-refractivity contribution in [2.45, 2.75) is 19.4 Å². The number of nitrogens with one attached hydrogen (secondary N) is 2. The third kappa shape index (κ3) is 4.00. The van der Waals surface area contributed by atoms with Crippen LogP contribution in [-0.2, 0) is 6.42 Å². The van der Waals surface area contributed by atoms with Gasteiger partial charge in [0.05, 0.1) is 30.3 Å². The second-order valence-electron chi connectivity index (χ2n) is 5.67. The molecule has 2 N–H and O–H groups in total. The van der Waals surface area contributed by atoms with Crippen molar-refractivity contribution in [3.8, 4) is 17.0 Å². The summed E-state index contributed by atoms with van der Waals surface area (Å²) in [5.74, 6) is 0.525. The van der Waals surface area contributed by atoms with Gasteiger partial charge in [0, 0.05) is 36.6 Å². The summed E-state index contributed by atoms with van der Waals surface area (Å²) in [4.78, 5) is 20.9. The number of methoxy groups -OCH3 is 1. The summed E-state index contributed by atoms with van der Waals surface area (Å²) < 4.78 is 5.24. The first kappa shape index (κ1) is 16.6. The summed E-state index contributed by atoms with van der Waals surface area (Å²) >= 11 is 0. The molecule has 1 amide bonds. The van der Waals surface area contributed by atoms with Gasteiger partial charge in [-0.3, -0.25) is 19.9 Å². The summed E-state index contributed by atoms with van der Waals surface area (Å²) in [6.07, 6.45) is 7.09. The predicted octanol–water partition coefficient (Wildman–Crippen LogP) is 2.24. The molecule has 7 heteroatoms. The summed E-state index contributed by atoms with van der Waals surface area (Å²) in [6.45, 7) is 1.93. The van der Waals surface area contributed by atoms with Gasteiger partial charge in [0.15, 0.2) is 0 Å². The van der Waals surface area contributed by atoms with Crippen LogP contribution in [0.2, 0.25) is 0 Å². The highest BCUT2D eigenvalue weighted by molar-refractivity contribution is 5.99. The van der Waals surface area contributed by atoms with E-state index in [2.05, 4.69) is 25.5 Å². The summed E-state index contributed by atoms with van der Waals surface area (Å²) in [7, 11) is 1.61. The SMILES string of the molecule is COc1cccc(-c2[nH]ncc2C(=O)N[C@H](C)Cc2cnccn2)c1. The Morgan fingerprint density at radius 1 is 1.32 bits per heavy atom. The number of aromatic nitrogens is 4. The Morgan fingerprint density at radius 2 is 2.20 bits per heavy atom. The lowest BCUT2D eigenvalue weighted by Gasteiger charge is -2.13. The van der Waals surface area contributed by atoms with Gasteiger partial charge in [0.2, 0.25) is 0 Å². The Balaban J connectivity index is 1.74. The largest absolute Gasteiger partial charge is 0.497 e. The van der Waals surface area contributed by atoms with E-state index in [1.165, 1.54) is 6.20 Å². The maximum Gasteiger partial charge on any atom is 0.255 e. The normalized spacial score (nSPS) is 11.8. The highest BCUT2D eigenvalue weighted by atomic mass is 16.5. The smallest absolute Gasteiger partial charge is 0.255 e. The van der Waals surface area contributed by atoms with Gasteiger partial charge in [-0.15, -0.1) is 0 Å². The van der Waals surface area contributed by atoms with Gasteiger partial charge in [-0.2, -0.15) is 5.10 Å². The fraction of sp³-hybridized carbons (Fsp3) is 0.222. The molecule has 1 atom stereocenters. The van der Waals surface area contributed by atoms with Gasteiger partial charge in [-0.05, 0) is 19.1 Å². The Hall–Kier alpha value is -3.22. The Bertz CT molecular complexity index is 847. The molecule has 3 rings (SSSR count). The van der Waals surface area contributed by atoms with E-state index in [1.807, 2.05) is 31.2 Å². The van der Waals surface area contributed by atoms with E-state index in [4.69, 9.17) is 4.74 Å². The molecule has 0 aliphatic carbocycles. The van der Waals surface area contributed by atoms with Crippen molar-refractivity contribution in [3.05, 3.63) is 60.3 Å². The third-order valence-electron chi connectivity index (χ3n) is 3.75. The molecule has 2 heterocycles. The minimum absolute atomic E-state index is 0.0859. The number of nitrogens with zero attached hydrogens (tertiary/aromatic N) is 3. The predicted molar refractivity (Wildman–Crippen MR) is 93.2 cm³/mol. The number of rotatable bonds is 6. The van der Waals surface area contributed by atoms with Gasteiger partial charge in [0.1, 0.15) is 5.75 Å². The molecule has 0 saturated heterocycles. The van der Waals surface area contributed by atoms with Gasteiger partial charge in [-0.25, -0.2) is 0 Å². The van der Waals surface area contributed by atoms with Crippen LogP contribution in [0, 0.1) is 0 Å². The molecule has 128 valence electrons. The van der Waals surface area contributed by atoms with E-state index in [0.717, 1.165) is 17.0 Å². The number of carbonyl (C=O) groups excluding carboxylic acids is 1. The minimum Gasteiger partial charge on any atom is -0.497 e. The maximum atomic E-state index is 12.6. The molecule has 2 aromatic heterocycles. The zero-order chi connectivity index (χ0) is 17.6. The number of ether oxygens (including phenoxy) is 1. The van der Waals surface area contributed by atoms with Gasteiger partial charge < -0.3 is 10.1 Å². The fourth-order valence-electron chi connectivity index (χ4n) is 2.56. The van der Waals surface area contributed by atoms with E-state index in [9.17, 15) is 4.79 Å². The second-order valence-corrected chi connectivity index (χ2v) is 5.67. The number of amides is 1. The number of carbonyl (C=O) groups is 1. The van der Waals surface area contributed by atoms with E-state index < -0.39 is 0 Å². The average Bonchev–Trinajstić information content (AvgIpc) is 3.12. The Labute approximate surface area is 145 Å². The zero-order valence-electron chi connectivity index (χ0n) is 14.1. The van der Waals surface area contributed by atoms with Crippen LogP contribution in [0.5, 0.6) is 5.75 Å². The van der Waals surface area contributed by atoms with E-state index in [1.54, 1.807) is 25.7 Å². The van der Waals surface area contributed by atoms with Crippen LogP contribution < -0.4 is 10.1 Å². The molecule has 0 saturated carbocycles. The molecular formula is C18H19N5O2. The van der Waals surface area contributed by atoms with Crippen LogP contribution in [-0.4, -0.2) is 39.2 Å². The molecule has 0 aliphatic heterocycles. The highest BCUT2D eigenvalue weighted by Crippen LogP contribution is 2.25. The molecule has 25 heavy (non-hydrogen) atoms. The molecule has 0 radical (unpaired) electrons. The lowest BCUT2D eigenvalue weighted by Crippen LogP contribution is -2.34. The number of H-pyrrole nitrogens is 1. The molecule has 0 fully saturated rings. The topological polar surface area (TPSA) is 92.8 Å². The summed E-state index contributed by atoms with van der Waals surface area (Å²) in [5, 5.41) is 9.88. The van der Waals surface area contributed by atoms with Crippen LogP contribution in [0.25, 0.3) is 11.3 Å². The monoisotopic (exact) mass is 337 g/mol. The molecule has 7 nitrogen and oxygen atoms in total. The first-order valence-electron chi connectivity index (χ1n) is 7.91. The zero-order valence-corrected chi connectivity index (χ0v) is 14.1. The molecule has 0 aliphatic rings. The van der Waals surface area contributed by atoms with Crippen LogP contribution in [0.15, 0.2) is 49.1 Å². The second kappa shape index (κ2) is 7.57. The molecule has 3 aromatic rings. The summed E-state index contributed by atoms with van der Waals surface area (Å²) in [6, 6.07) is 7.39. The van der Waals surface area contributed by atoms with Crippen molar-refractivity contribution in [2.75, 3.05) is 7.11 Å². The average molecular weight is 337 g/mol. The third-order valence-corrected chi connectivity index (χ3v) is 3.75. The van der Waals surface area contributed by atoms with Crippen molar-refractivity contribution < 1.29 is 9.53 Å². The van der Waals surface area contributed by atoms with Crippen molar-refractivity contribution in [1.82, 2.24) is 25.5 Å². The molecule has 0 bridgehead atoms. The number of benzene rings is 1.